The van der Waals surface area contributed by atoms with Crippen LogP contribution >= 0.6 is 31.9 Å². The van der Waals surface area contributed by atoms with Crippen LogP contribution < -0.4 is 4.74 Å². The Morgan fingerprint density at radius 1 is 1.44 bits per heavy atom. The molecule has 0 radical (unpaired) electrons. The summed E-state index contributed by atoms with van der Waals surface area (Å²) in [5, 5.41) is 0.554. The first kappa shape index (κ1) is 13.5. The van der Waals surface area contributed by atoms with Gasteiger partial charge in [-0.05, 0) is 24.6 Å². The van der Waals surface area contributed by atoms with Crippen molar-refractivity contribution >= 4 is 37.8 Å². The maximum absolute atomic E-state index is 11.8. The van der Waals surface area contributed by atoms with Gasteiger partial charge >= 0.3 is 5.97 Å². The van der Waals surface area contributed by atoms with E-state index in [1.165, 1.54) is 7.11 Å². The number of methoxy groups -OCH3 is 1. The van der Waals surface area contributed by atoms with E-state index in [0.29, 0.717) is 23.2 Å². The second-order valence-electron chi connectivity index (χ2n) is 2.96. The Morgan fingerprint density at radius 2 is 2.12 bits per heavy atom. The molecule has 16 heavy (non-hydrogen) atoms. The predicted molar refractivity (Wildman–Crippen MR) is 69.3 cm³/mol. The first-order valence-corrected chi connectivity index (χ1v) is 6.65. The van der Waals surface area contributed by atoms with E-state index in [0.717, 1.165) is 10.0 Å². The molecule has 5 heteroatoms. The Morgan fingerprint density at radius 3 is 2.62 bits per heavy atom. The second kappa shape index (κ2) is 6.25. The first-order chi connectivity index (χ1) is 7.65. The minimum absolute atomic E-state index is 0.343. The van der Waals surface area contributed by atoms with Crippen LogP contribution in [0.4, 0.5) is 0 Å². The van der Waals surface area contributed by atoms with Gasteiger partial charge in [0.15, 0.2) is 0 Å². The Bertz CT molecular complexity index is 391. The molecule has 1 rings (SSSR count). The summed E-state index contributed by atoms with van der Waals surface area (Å²) in [6, 6.07) is 3.58. The van der Waals surface area contributed by atoms with Crippen LogP contribution in [0.15, 0.2) is 16.6 Å². The van der Waals surface area contributed by atoms with Gasteiger partial charge in [-0.25, -0.2) is 4.79 Å². The van der Waals surface area contributed by atoms with E-state index < -0.39 is 0 Å². The van der Waals surface area contributed by atoms with E-state index >= 15 is 0 Å². The van der Waals surface area contributed by atoms with Crippen molar-refractivity contribution in [3.63, 3.8) is 0 Å². The summed E-state index contributed by atoms with van der Waals surface area (Å²) in [6.07, 6.45) is 0. The zero-order valence-electron chi connectivity index (χ0n) is 9.05. The molecule has 0 aliphatic heterocycles. The molecule has 0 heterocycles. The number of benzene rings is 1. The van der Waals surface area contributed by atoms with E-state index in [9.17, 15) is 4.79 Å². The lowest BCUT2D eigenvalue weighted by Gasteiger charge is -2.12. The van der Waals surface area contributed by atoms with E-state index in [-0.39, 0.29) is 5.97 Å². The molecule has 0 spiro atoms. The van der Waals surface area contributed by atoms with Crippen molar-refractivity contribution in [3.05, 3.63) is 27.7 Å². The summed E-state index contributed by atoms with van der Waals surface area (Å²) in [5.74, 6) is 0.159. The fourth-order valence-corrected chi connectivity index (χ4v) is 2.76. The Labute approximate surface area is 111 Å². The minimum Gasteiger partial charge on any atom is -0.496 e. The Hall–Kier alpha value is -0.550. The van der Waals surface area contributed by atoms with Crippen molar-refractivity contribution < 1.29 is 14.3 Å². The van der Waals surface area contributed by atoms with Crippen molar-refractivity contribution in [1.29, 1.82) is 0 Å². The number of hydrogen-bond acceptors (Lipinski definition) is 3. The van der Waals surface area contributed by atoms with Crippen LogP contribution in [0.25, 0.3) is 0 Å². The minimum atomic E-state index is -0.366. The van der Waals surface area contributed by atoms with Crippen molar-refractivity contribution in [3.8, 4) is 5.75 Å². The molecule has 0 aliphatic rings. The van der Waals surface area contributed by atoms with Crippen LogP contribution in [0, 0.1) is 0 Å². The van der Waals surface area contributed by atoms with Gasteiger partial charge in [-0.3, -0.25) is 0 Å². The molecule has 1 aromatic rings. The molecule has 0 N–H and O–H groups in total. The molecule has 0 atom stereocenters. The fourth-order valence-electron chi connectivity index (χ4n) is 1.33. The van der Waals surface area contributed by atoms with Crippen LogP contribution in [-0.2, 0) is 10.1 Å². The second-order valence-corrected chi connectivity index (χ2v) is 4.37. The molecular weight excluding hydrogens is 340 g/mol. The van der Waals surface area contributed by atoms with Crippen LogP contribution in [-0.4, -0.2) is 19.7 Å². The van der Waals surface area contributed by atoms with Gasteiger partial charge in [-0.2, -0.15) is 0 Å². The highest BCUT2D eigenvalue weighted by molar-refractivity contribution is 9.10. The van der Waals surface area contributed by atoms with Crippen molar-refractivity contribution in [2.75, 3.05) is 13.7 Å². The van der Waals surface area contributed by atoms with Gasteiger partial charge in [-0.15, -0.1) is 0 Å². The summed E-state index contributed by atoms with van der Waals surface area (Å²) < 4.78 is 11.0. The third-order valence-electron chi connectivity index (χ3n) is 2.05. The van der Waals surface area contributed by atoms with E-state index in [2.05, 4.69) is 31.9 Å². The Kier molecular flexibility index (Phi) is 5.28. The lowest BCUT2D eigenvalue weighted by Crippen LogP contribution is -2.10. The molecule has 0 aliphatic carbocycles. The van der Waals surface area contributed by atoms with Gasteiger partial charge in [-0.1, -0.05) is 31.9 Å². The van der Waals surface area contributed by atoms with Gasteiger partial charge in [0.05, 0.1) is 13.7 Å². The highest BCUT2D eigenvalue weighted by Crippen LogP contribution is 2.31. The zero-order valence-corrected chi connectivity index (χ0v) is 12.2. The quantitative estimate of drug-likeness (QED) is 0.615. The zero-order chi connectivity index (χ0) is 12.1. The van der Waals surface area contributed by atoms with Crippen molar-refractivity contribution in [2.24, 2.45) is 0 Å². The molecule has 0 amide bonds. The van der Waals surface area contributed by atoms with Crippen LogP contribution in [0.3, 0.4) is 0 Å². The third kappa shape index (κ3) is 2.77. The number of carbonyl (C=O) groups excluding carboxylic acids is 1. The molecule has 0 saturated carbocycles. The standard InChI is InChI=1S/C11H12Br2O3/c1-3-16-11(14)10-7(6-12)8(13)4-5-9(10)15-2/h4-5H,3,6H2,1-2H3. The first-order valence-electron chi connectivity index (χ1n) is 4.74. The van der Waals surface area contributed by atoms with Gasteiger partial charge in [0.25, 0.3) is 0 Å². The highest BCUT2D eigenvalue weighted by atomic mass is 79.9. The molecule has 0 bridgehead atoms. The SMILES string of the molecule is CCOC(=O)c1c(OC)ccc(Br)c1CBr. The number of rotatable bonds is 4. The molecule has 0 unspecified atom stereocenters. The van der Waals surface area contributed by atoms with Gasteiger partial charge in [0, 0.05) is 9.80 Å². The number of carbonyl (C=O) groups is 1. The largest absolute Gasteiger partial charge is 0.496 e. The summed E-state index contributed by atoms with van der Waals surface area (Å²) in [5.41, 5.74) is 1.30. The van der Waals surface area contributed by atoms with Gasteiger partial charge in [0.2, 0.25) is 0 Å². The predicted octanol–water partition coefficient (Wildman–Crippen LogP) is 3.53. The smallest absolute Gasteiger partial charge is 0.342 e. The summed E-state index contributed by atoms with van der Waals surface area (Å²) in [6.45, 7) is 2.12. The van der Waals surface area contributed by atoms with Crippen molar-refractivity contribution in [2.45, 2.75) is 12.3 Å². The molecule has 0 saturated heterocycles. The average molecular weight is 352 g/mol. The van der Waals surface area contributed by atoms with E-state index in [4.69, 9.17) is 9.47 Å². The third-order valence-corrected chi connectivity index (χ3v) is 3.35. The van der Waals surface area contributed by atoms with Crippen LogP contribution in [0.5, 0.6) is 5.75 Å². The van der Waals surface area contributed by atoms with Gasteiger partial charge < -0.3 is 9.47 Å². The number of halogens is 2. The highest BCUT2D eigenvalue weighted by Gasteiger charge is 2.20. The average Bonchev–Trinajstić information content (AvgIpc) is 2.28. The van der Waals surface area contributed by atoms with E-state index in [1.54, 1.807) is 13.0 Å². The summed E-state index contributed by atoms with van der Waals surface area (Å²) in [7, 11) is 1.53. The normalized spacial score (nSPS) is 10.0. The van der Waals surface area contributed by atoms with Crippen LogP contribution in [0.1, 0.15) is 22.8 Å². The molecule has 1 aromatic carbocycles. The molecule has 0 aromatic heterocycles. The van der Waals surface area contributed by atoms with Crippen LogP contribution in [0.2, 0.25) is 0 Å². The monoisotopic (exact) mass is 350 g/mol. The lowest BCUT2D eigenvalue weighted by molar-refractivity contribution is 0.0521. The maximum Gasteiger partial charge on any atom is 0.342 e. The van der Waals surface area contributed by atoms with Crippen molar-refractivity contribution in [1.82, 2.24) is 0 Å². The molecular formula is C11H12Br2O3. The van der Waals surface area contributed by atoms with Gasteiger partial charge in [0.1, 0.15) is 11.3 Å². The number of esters is 1. The number of hydrogen-bond donors (Lipinski definition) is 0. The maximum atomic E-state index is 11.8. The molecule has 0 fully saturated rings. The topological polar surface area (TPSA) is 35.5 Å². The summed E-state index contributed by atoms with van der Waals surface area (Å²) in [4.78, 5) is 11.8. The molecule has 88 valence electrons. The fraction of sp³-hybridized carbons (Fsp3) is 0.364. The number of alkyl halides is 1. The summed E-state index contributed by atoms with van der Waals surface area (Å²) >= 11 is 6.75. The Balaban J connectivity index is 3.30. The lowest BCUT2D eigenvalue weighted by atomic mass is 10.1. The molecule has 3 nitrogen and oxygen atoms in total. The van der Waals surface area contributed by atoms with E-state index in [1.807, 2.05) is 6.07 Å². The number of ether oxygens (including phenoxy) is 2.